The van der Waals surface area contributed by atoms with E-state index < -0.39 is 0 Å². The zero-order valence-corrected chi connectivity index (χ0v) is 17.2. The molecule has 4 fully saturated rings. The summed E-state index contributed by atoms with van der Waals surface area (Å²) in [6.45, 7) is 2.20. The lowest BCUT2D eigenvalue weighted by atomic mass is 9.49. The second kappa shape index (κ2) is 7.63. The van der Waals surface area contributed by atoms with Crippen LogP contribution in [0.1, 0.15) is 48.9 Å². The SMILES string of the molecule is CN(C)CCOc1ccc(Cl)c(C(=O)NCC23CC4CC(CC(C4)C2)C3)c1. The number of nitrogens with zero attached hydrogens (tertiary/aromatic N) is 1. The third kappa shape index (κ3) is 4.27. The monoisotopic (exact) mass is 390 g/mol. The van der Waals surface area contributed by atoms with Gasteiger partial charge in [-0.3, -0.25) is 4.79 Å². The molecule has 1 aromatic carbocycles. The Morgan fingerprint density at radius 2 is 1.81 bits per heavy atom. The molecule has 1 amide bonds. The summed E-state index contributed by atoms with van der Waals surface area (Å²) in [4.78, 5) is 14.9. The first kappa shape index (κ1) is 19.1. The zero-order chi connectivity index (χ0) is 19.0. The van der Waals surface area contributed by atoms with Gasteiger partial charge < -0.3 is 15.0 Å². The van der Waals surface area contributed by atoms with Gasteiger partial charge in [0.1, 0.15) is 12.4 Å². The average Bonchev–Trinajstić information content (AvgIpc) is 2.60. The minimum atomic E-state index is -0.0752. The molecular formula is C22H31ClN2O2. The van der Waals surface area contributed by atoms with Gasteiger partial charge in [-0.15, -0.1) is 0 Å². The molecule has 0 radical (unpaired) electrons. The lowest BCUT2D eigenvalue weighted by Gasteiger charge is -2.56. The number of rotatable bonds is 7. The van der Waals surface area contributed by atoms with Crippen molar-refractivity contribution in [3.8, 4) is 5.75 Å². The number of carbonyl (C=O) groups is 1. The van der Waals surface area contributed by atoms with E-state index in [1.54, 1.807) is 12.1 Å². The first-order valence-electron chi connectivity index (χ1n) is 10.3. The van der Waals surface area contributed by atoms with Gasteiger partial charge >= 0.3 is 0 Å². The standard InChI is InChI=1S/C22H31ClN2O2/c1-25(2)5-6-27-18-3-4-20(23)19(10-18)21(26)24-14-22-11-15-7-16(12-22)9-17(8-15)13-22/h3-4,10,15-17H,5-9,11-14H2,1-2H3,(H,24,26). The molecule has 4 aliphatic rings. The molecule has 0 spiro atoms. The molecule has 0 aromatic heterocycles. The third-order valence-electron chi connectivity index (χ3n) is 6.78. The predicted molar refractivity (Wildman–Crippen MR) is 108 cm³/mol. The molecule has 4 aliphatic carbocycles. The number of carbonyl (C=O) groups excluding carboxylic acids is 1. The van der Waals surface area contributed by atoms with Crippen LogP contribution in [0, 0.1) is 23.2 Å². The predicted octanol–water partition coefficient (Wildman–Crippen LogP) is 4.23. The lowest BCUT2D eigenvalue weighted by molar-refractivity contribution is -0.0503. The number of benzene rings is 1. The van der Waals surface area contributed by atoms with Gasteiger partial charge in [0, 0.05) is 13.1 Å². The Balaban J connectivity index is 1.38. The molecule has 0 heterocycles. The van der Waals surface area contributed by atoms with Crippen LogP contribution in [0.4, 0.5) is 0 Å². The molecule has 4 nitrogen and oxygen atoms in total. The van der Waals surface area contributed by atoms with E-state index in [0.29, 0.717) is 28.4 Å². The molecule has 0 aliphatic heterocycles. The van der Waals surface area contributed by atoms with Gasteiger partial charge in [0.2, 0.25) is 0 Å². The number of halogens is 1. The highest BCUT2D eigenvalue weighted by Gasteiger charge is 2.50. The molecule has 0 atom stereocenters. The highest BCUT2D eigenvalue weighted by Crippen LogP contribution is 2.59. The smallest absolute Gasteiger partial charge is 0.252 e. The molecule has 5 heteroatoms. The summed E-state index contributed by atoms with van der Waals surface area (Å²) in [5.41, 5.74) is 0.847. The summed E-state index contributed by atoms with van der Waals surface area (Å²) in [6, 6.07) is 5.35. The zero-order valence-electron chi connectivity index (χ0n) is 16.5. The molecule has 4 bridgehead atoms. The Morgan fingerprint density at radius 1 is 1.19 bits per heavy atom. The van der Waals surface area contributed by atoms with Gasteiger partial charge in [0.05, 0.1) is 10.6 Å². The molecule has 4 saturated carbocycles. The maximum atomic E-state index is 12.8. The molecule has 1 N–H and O–H groups in total. The third-order valence-corrected chi connectivity index (χ3v) is 7.11. The highest BCUT2D eigenvalue weighted by atomic mass is 35.5. The maximum Gasteiger partial charge on any atom is 0.252 e. The van der Waals surface area contributed by atoms with Crippen molar-refractivity contribution >= 4 is 17.5 Å². The van der Waals surface area contributed by atoms with E-state index in [1.165, 1.54) is 38.5 Å². The fourth-order valence-corrected chi connectivity index (χ4v) is 6.19. The Kier molecular flexibility index (Phi) is 5.39. The van der Waals surface area contributed by atoms with Crippen molar-refractivity contribution in [2.24, 2.45) is 23.2 Å². The van der Waals surface area contributed by atoms with Crippen molar-refractivity contribution in [1.29, 1.82) is 0 Å². The second-order valence-electron chi connectivity index (χ2n) is 9.39. The topological polar surface area (TPSA) is 41.6 Å². The normalized spacial score (nSPS) is 31.3. The highest BCUT2D eigenvalue weighted by molar-refractivity contribution is 6.33. The first-order chi connectivity index (χ1) is 12.9. The minimum absolute atomic E-state index is 0.0752. The summed E-state index contributed by atoms with van der Waals surface area (Å²) in [7, 11) is 4.02. The van der Waals surface area contributed by atoms with Crippen molar-refractivity contribution in [1.82, 2.24) is 10.2 Å². The van der Waals surface area contributed by atoms with Gasteiger partial charge in [-0.1, -0.05) is 11.6 Å². The second-order valence-corrected chi connectivity index (χ2v) is 9.80. The molecular weight excluding hydrogens is 360 g/mol. The van der Waals surface area contributed by atoms with Gasteiger partial charge in [-0.25, -0.2) is 0 Å². The summed E-state index contributed by atoms with van der Waals surface area (Å²) < 4.78 is 5.76. The van der Waals surface area contributed by atoms with E-state index in [4.69, 9.17) is 16.3 Å². The summed E-state index contributed by atoms with van der Waals surface area (Å²) >= 11 is 6.31. The molecule has 148 valence electrons. The van der Waals surface area contributed by atoms with Crippen LogP contribution in [0.15, 0.2) is 18.2 Å². The van der Waals surface area contributed by atoms with Gasteiger partial charge in [0.15, 0.2) is 0 Å². The van der Waals surface area contributed by atoms with E-state index in [9.17, 15) is 4.79 Å². The Morgan fingerprint density at radius 3 is 2.41 bits per heavy atom. The van der Waals surface area contributed by atoms with Crippen molar-refractivity contribution in [2.45, 2.75) is 38.5 Å². The van der Waals surface area contributed by atoms with E-state index in [1.807, 2.05) is 20.2 Å². The van der Waals surface area contributed by atoms with E-state index in [2.05, 4.69) is 10.2 Å². The van der Waals surface area contributed by atoms with Crippen LogP contribution in [0.25, 0.3) is 0 Å². The molecule has 0 unspecified atom stereocenters. The van der Waals surface area contributed by atoms with E-state index in [-0.39, 0.29) is 5.91 Å². The quantitative estimate of drug-likeness (QED) is 0.757. The number of amides is 1. The van der Waals surface area contributed by atoms with Crippen molar-refractivity contribution in [3.63, 3.8) is 0 Å². The number of ether oxygens (including phenoxy) is 1. The van der Waals surface area contributed by atoms with Crippen LogP contribution < -0.4 is 10.1 Å². The minimum Gasteiger partial charge on any atom is -0.492 e. The van der Waals surface area contributed by atoms with Crippen LogP contribution in [-0.4, -0.2) is 44.6 Å². The molecule has 5 rings (SSSR count). The largest absolute Gasteiger partial charge is 0.492 e. The fraction of sp³-hybridized carbons (Fsp3) is 0.682. The van der Waals surface area contributed by atoms with E-state index >= 15 is 0 Å². The van der Waals surface area contributed by atoms with Crippen molar-refractivity contribution in [3.05, 3.63) is 28.8 Å². The number of hydrogen-bond donors (Lipinski definition) is 1. The van der Waals surface area contributed by atoms with Gasteiger partial charge in [-0.05, 0) is 94.0 Å². The first-order valence-corrected chi connectivity index (χ1v) is 10.7. The lowest BCUT2D eigenvalue weighted by Crippen LogP contribution is -2.51. The van der Waals surface area contributed by atoms with Crippen molar-refractivity contribution in [2.75, 3.05) is 33.8 Å². The molecule has 0 saturated heterocycles. The Hall–Kier alpha value is -1.26. The summed E-state index contributed by atoms with van der Waals surface area (Å²) in [5.74, 6) is 3.30. The van der Waals surface area contributed by atoms with Crippen molar-refractivity contribution < 1.29 is 9.53 Å². The van der Waals surface area contributed by atoms with Gasteiger partial charge in [-0.2, -0.15) is 0 Å². The van der Waals surface area contributed by atoms with Crippen LogP contribution >= 0.6 is 11.6 Å². The van der Waals surface area contributed by atoms with Crippen LogP contribution in [-0.2, 0) is 0 Å². The average molecular weight is 391 g/mol. The van der Waals surface area contributed by atoms with E-state index in [0.717, 1.165) is 30.8 Å². The summed E-state index contributed by atoms with van der Waals surface area (Å²) in [6.07, 6.45) is 8.14. The Labute approximate surface area is 167 Å². The van der Waals surface area contributed by atoms with Crippen LogP contribution in [0.5, 0.6) is 5.75 Å². The number of hydrogen-bond acceptors (Lipinski definition) is 3. The molecule has 27 heavy (non-hydrogen) atoms. The Bertz CT molecular complexity index is 668. The van der Waals surface area contributed by atoms with Gasteiger partial charge in [0.25, 0.3) is 5.91 Å². The van der Waals surface area contributed by atoms with Crippen LogP contribution in [0.3, 0.4) is 0 Å². The number of likely N-dealkylation sites (N-methyl/N-ethyl adjacent to an activating group) is 1. The molecule has 1 aromatic rings. The summed E-state index contributed by atoms with van der Waals surface area (Å²) in [5, 5.41) is 3.70. The van der Waals surface area contributed by atoms with Crippen LogP contribution in [0.2, 0.25) is 5.02 Å². The fourth-order valence-electron chi connectivity index (χ4n) is 5.98. The number of nitrogens with one attached hydrogen (secondary N) is 1. The maximum absolute atomic E-state index is 12.8.